The van der Waals surface area contributed by atoms with Crippen molar-refractivity contribution in [2.24, 2.45) is 10.2 Å². The largest absolute Gasteiger partial charge is 0.277 e. The highest BCUT2D eigenvalue weighted by molar-refractivity contribution is 6.71. The van der Waals surface area contributed by atoms with E-state index >= 15 is 0 Å². The van der Waals surface area contributed by atoms with Crippen molar-refractivity contribution in [3.05, 3.63) is 96.1 Å². The molecule has 0 saturated heterocycles. The van der Waals surface area contributed by atoms with E-state index in [2.05, 4.69) is 21.1 Å². The molecule has 0 amide bonds. The highest BCUT2D eigenvalue weighted by Gasteiger charge is 2.05. The normalized spacial score (nSPS) is 11.9. The zero-order valence-electron chi connectivity index (χ0n) is 13.7. The summed E-state index contributed by atoms with van der Waals surface area (Å²) in [6.07, 6.45) is 0. The van der Waals surface area contributed by atoms with Crippen molar-refractivity contribution < 1.29 is 0 Å². The number of benzene rings is 3. The van der Waals surface area contributed by atoms with Gasteiger partial charge in [0.25, 0.3) is 0 Å². The summed E-state index contributed by atoms with van der Waals surface area (Å²) < 4.78 is 0. The Labute approximate surface area is 162 Å². The summed E-state index contributed by atoms with van der Waals surface area (Å²) in [6, 6.07) is 26.6. The third-order valence-electron chi connectivity index (χ3n) is 3.45. The lowest BCUT2D eigenvalue weighted by Gasteiger charge is -2.05. The van der Waals surface area contributed by atoms with Crippen LogP contribution in [0.2, 0.25) is 0 Å². The Morgan fingerprint density at radius 2 is 1.00 bits per heavy atom. The first kappa shape index (κ1) is 18.0. The molecule has 2 N–H and O–H groups in total. The van der Waals surface area contributed by atoms with E-state index < -0.39 is 0 Å². The molecule has 0 radical (unpaired) electrons. The van der Waals surface area contributed by atoms with Crippen LogP contribution in [0, 0.1) is 0 Å². The molecule has 3 aromatic carbocycles. The fourth-order valence-corrected chi connectivity index (χ4v) is 2.48. The van der Waals surface area contributed by atoms with Crippen LogP contribution in [0.5, 0.6) is 0 Å². The molecule has 0 fully saturated rings. The average Bonchev–Trinajstić information content (AvgIpc) is 2.72. The number of anilines is 2. The van der Waals surface area contributed by atoms with Gasteiger partial charge in [-0.2, -0.15) is 10.2 Å². The number of rotatable bonds is 6. The minimum absolute atomic E-state index is 0.330. The Morgan fingerprint density at radius 1 is 0.577 bits per heavy atom. The van der Waals surface area contributed by atoms with Gasteiger partial charge in [0.2, 0.25) is 0 Å². The zero-order valence-corrected chi connectivity index (χ0v) is 15.2. The van der Waals surface area contributed by atoms with E-state index in [4.69, 9.17) is 23.2 Å². The van der Waals surface area contributed by atoms with E-state index in [1.807, 2.05) is 84.9 Å². The average molecular weight is 383 g/mol. The molecule has 0 heterocycles. The second-order valence-corrected chi connectivity index (χ2v) is 6.06. The van der Waals surface area contributed by atoms with Crippen LogP contribution in [0.3, 0.4) is 0 Å². The topological polar surface area (TPSA) is 48.8 Å². The van der Waals surface area contributed by atoms with E-state index in [1.54, 1.807) is 0 Å². The van der Waals surface area contributed by atoms with Crippen molar-refractivity contribution >= 4 is 44.9 Å². The zero-order chi connectivity index (χ0) is 18.2. The number of nitrogens with one attached hydrogen (secondary N) is 2. The van der Waals surface area contributed by atoms with Gasteiger partial charge in [0, 0.05) is 11.1 Å². The van der Waals surface area contributed by atoms with E-state index in [0.717, 1.165) is 22.5 Å². The maximum absolute atomic E-state index is 6.29. The Bertz CT molecular complexity index is 837. The monoisotopic (exact) mass is 382 g/mol. The standard InChI is InChI=1S/C20H16Cl2N4/c21-19(25-23-17-10-3-1-4-11-17)15-8-7-9-16(14-15)20(22)26-24-18-12-5-2-6-13-18/h1-14,23-24H/b25-19-,26-20-. The van der Waals surface area contributed by atoms with Gasteiger partial charge in [0.1, 0.15) is 0 Å². The first-order valence-electron chi connectivity index (χ1n) is 7.92. The van der Waals surface area contributed by atoms with Gasteiger partial charge in [-0.1, -0.05) is 77.8 Å². The summed E-state index contributed by atoms with van der Waals surface area (Å²) in [5.41, 5.74) is 9.02. The predicted octanol–water partition coefficient (Wildman–Crippen LogP) is 5.71. The SMILES string of the molecule is Cl/C(=N\Nc1ccccc1)c1cccc(/C(Cl)=N/Nc2ccccc2)c1. The second-order valence-electron chi connectivity index (χ2n) is 5.34. The molecule has 130 valence electrons. The van der Waals surface area contributed by atoms with Gasteiger partial charge in [0.15, 0.2) is 10.3 Å². The van der Waals surface area contributed by atoms with Crippen molar-refractivity contribution in [1.29, 1.82) is 0 Å². The van der Waals surface area contributed by atoms with Crippen LogP contribution < -0.4 is 10.9 Å². The predicted molar refractivity (Wildman–Crippen MR) is 111 cm³/mol. The highest BCUT2D eigenvalue weighted by atomic mass is 35.5. The van der Waals surface area contributed by atoms with Crippen molar-refractivity contribution in [3.8, 4) is 0 Å². The van der Waals surface area contributed by atoms with Crippen molar-refractivity contribution in [3.63, 3.8) is 0 Å². The van der Waals surface area contributed by atoms with Crippen LogP contribution in [0.15, 0.2) is 95.1 Å². The molecule has 4 nitrogen and oxygen atoms in total. The van der Waals surface area contributed by atoms with Gasteiger partial charge in [0.05, 0.1) is 11.4 Å². The molecule has 0 aliphatic carbocycles. The molecule has 0 bridgehead atoms. The van der Waals surface area contributed by atoms with Crippen molar-refractivity contribution in [1.82, 2.24) is 0 Å². The molecular formula is C20H16Cl2N4. The number of hydrogen-bond donors (Lipinski definition) is 2. The first-order chi connectivity index (χ1) is 12.7. The van der Waals surface area contributed by atoms with E-state index in [-0.39, 0.29) is 0 Å². The van der Waals surface area contributed by atoms with Crippen molar-refractivity contribution in [2.75, 3.05) is 10.9 Å². The number of para-hydroxylation sites is 2. The Hall–Kier alpha value is -2.82. The summed E-state index contributed by atoms with van der Waals surface area (Å²) in [7, 11) is 0. The fourth-order valence-electron chi connectivity index (χ4n) is 2.16. The molecule has 0 spiro atoms. The van der Waals surface area contributed by atoms with Crippen LogP contribution >= 0.6 is 23.2 Å². The molecule has 0 aromatic heterocycles. The van der Waals surface area contributed by atoms with Gasteiger partial charge in [-0.05, 0) is 30.3 Å². The molecule has 0 unspecified atom stereocenters. The maximum atomic E-state index is 6.29. The summed E-state index contributed by atoms with van der Waals surface area (Å²) in [5, 5.41) is 9.04. The van der Waals surface area contributed by atoms with E-state index in [0.29, 0.717) is 10.3 Å². The summed E-state index contributed by atoms with van der Waals surface area (Å²) in [4.78, 5) is 0. The molecule has 0 atom stereocenters. The second kappa shape index (κ2) is 9.04. The van der Waals surface area contributed by atoms with Gasteiger partial charge < -0.3 is 0 Å². The number of nitrogens with zero attached hydrogens (tertiary/aromatic N) is 2. The lowest BCUT2D eigenvalue weighted by Crippen LogP contribution is -2.01. The minimum atomic E-state index is 0.330. The fraction of sp³-hybridized carbons (Fsp3) is 0. The van der Waals surface area contributed by atoms with E-state index in [1.165, 1.54) is 0 Å². The Kier molecular flexibility index (Phi) is 6.25. The summed E-state index contributed by atoms with van der Waals surface area (Å²) >= 11 is 12.6. The van der Waals surface area contributed by atoms with Crippen LogP contribution in [0.1, 0.15) is 11.1 Å². The molecule has 3 rings (SSSR count). The van der Waals surface area contributed by atoms with Crippen molar-refractivity contribution in [2.45, 2.75) is 0 Å². The number of halogens is 2. The Morgan fingerprint density at radius 3 is 1.42 bits per heavy atom. The van der Waals surface area contributed by atoms with Gasteiger partial charge in [-0.3, -0.25) is 10.9 Å². The van der Waals surface area contributed by atoms with Crippen LogP contribution in [0.25, 0.3) is 0 Å². The Balaban J connectivity index is 1.72. The third-order valence-corrected chi connectivity index (χ3v) is 4.06. The van der Waals surface area contributed by atoms with Gasteiger partial charge >= 0.3 is 0 Å². The van der Waals surface area contributed by atoms with Crippen LogP contribution in [-0.4, -0.2) is 10.3 Å². The third kappa shape index (κ3) is 5.09. The smallest absolute Gasteiger partial charge is 0.156 e. The quantitative estimate of drug-likeness (QED) is 0.423. The highest BCUT2D eigenvalue weighted by Crippen LogP contribution is 2.14. The van der Waals surface area contributed by atoms with Gasteiger partial charge in [-0.15, -0.1) is 0 Å². The molecule has 3 aromatic rings. The number of hydrogen-bond acceptors (Lipinski definition) is 4. The van der Waals surface area contributed by atoms with Gasteiger partial charge in [-0.25, -0.2) is 0 Å². The van der Waals surface area contributed by atoms with Crippen LogP contribution in [-0.2, 0) is 0 Å². The first-order valence-corrected chi connectivity index (χ1v) is 8.67. The molecular weight excluding hydrogens is 367 g/mol. The molecule has 26 heavy (non-hydrogen) atoms. The van der Waals surface area contributed by atoms with Crippen LogP contribution in [0.4, 0.5) is 11.4 Å². The number of hydrazone groups is 2. The molecule has 0 saturated carbocycles. The van der Waals surface area contributed by atoms with E-state index in [9.17, 15) is 0 Å². The molecule has 0 aliphatic heterocycles. The summed E-state index contributed by atoms with van der Waals surface area (Å²) in [6.45, 7) is 0. The summed E-state index contributed by atoms with van der Waals surface area (Å²) in [5.74, 6) is 0. The lowest BCUT2D eigenvalue weighted by molar-refractivity contribution is 1.34. The molecule has 0 aliphatic rings. The molecule has 6 heteroatoms. The minimum Gasteiger partial charge on any atom is -0.277 e. The maximum Gasteiger partial charge on any atom is 0.156 e. The lowest BCUT2D eigenvalue weighted by atomic mass is 10.1.